The summed E-state index contributed by atoms with van der Waals surface area (Å²) in [5.74, 6) is 0.758. The quantitative estimate of drug-likeness (QED) is 0.826. The fourth-order valence-electron chi connectivity index (χ4n) is 3.03. The normalized spacial score (nSPS) is 14.0. The van der Waals surface area contributed by atoms with Gasteiger partial charge in [-0.25, -0.2) is 13.1 Å². The number of aryl methyl sites for hydroxylation is 1. The van der Waals surface area contributed by atoms with Crippen LogP contribution in [0.5, 0.6) is 5.75 Å². The maximum Gasteiger partial charge on any atom is 0.240 e. The molecule has 7 heteroatoms. The molecule has 1 aliphatic rings. The van der Waals surface area contributed by atoms with E-state index in [0.29, 0.717) is 26.0 Å². The number of sulfonamides is 1. The first kappa shape index (κ1) is 19.4. The Kier molecular flexibility index (Phi) is 5.82. The minimum absolute atomic E-state index is 0.0314. The number of anilines is 1. The van der Waals surface area contributed by atoms with E-state index >= 15 is 0 Å². The molecule has 144 valence electrons. The molecule has 3 rings (SSSR count). The van der Waals surface area contributed by atoms with E-state index in [2.05, 4.69) is 4.72 Å². The average Bonchev–Trinajstić information content (AvgIpc) is 2.65. The van der Waals surface area contributed by atoms with E-state index < -0.39 is 10.0 Å². The highest BCUT2D eigenvalue weighted by atomic mass is 32.2. The van der Waals surface area contributed by atoms with E-state index in [1.807, 2.05) is 24.3 Å². The zero-order valence-corrected chi connectivity index (χ0v) is 16.3. The molecule has 0 saturated carbocycles. The van der Waals surface area contributed by atoms with Crippen molar-refractivity contribution in [3.8, 4) is 5.75 Å². The molecule has 6 nitrogen and oxygen atoms in total. The molecule has 0 fully saturated rings. The number of carbonyl (C=O) groups excluding carboxylic acids is 1. The molecule has 0 radical (unpaired) electrons. The third-order valence-electron chi connectivity index (χ3n) is 4.28. The van der Waals surface area contributed by atoms with Crippen LogP contribution in [0.15, 0.2) is 53.4 Å². The van der Waals surface area contributed by atoms with Crippen LogP contribution in [-0.4, -0.2) is 33.5 Å². The second-order valence-corrected chi connectivity index (χ2v) is 8.50. The first-order valence-corrected chi connectivity index (χ1v) is 10.5. The second kappa shape index (κ2) is 8.10. The monoisotopic (exact) mass is 388 g/mol. The van der Waals surface area contributed by atoms with Gasteiger partial charge in [0, 0.05) is 12.5 Å². The Balaban J connectivity index is 1.63. The molecular weight excluding hydrogens is 364 g/mol. The third-order valence-corrected chi connectivity index (χ3v) is 5.96. The molecule has 2 aromatic carbocycles. The summed E-state index contributed by atoms with van der Waals surface area (Å²) in [5.41, 5.74) is 1.73. The van der Waals surface area contributed by atoms with Gasteiger partial charge in [-0.3, -0.25) is 4.79 Å². The molecule has 1 aliphatic heterocycles. The van der Waals surface area contributed by atoms with Crippen LogP contribution in [0.1, 0.15) is 25.8 Å². The molecule has 0 aliphatic carbocycles. The Morgan fingerprint density at radius 3 is 2.56 bits per heavy atom. The first-order chi connectivity index (χ1) is 12.9. The number of amides is 1. The third kappa shape index (κ3) is 4.67. The van der Waals surface area contributed by atoms with Crippen molar-refractivity contribution in [1.29, 1.82) is 0 Å². The number of benzene rings is 2. The zero-order chi connectivity index (χ0) is 19.4. The summed E-state index contributed by atoms with van der Waals surface area (Å²) < 4.78 is 32.5. The fourth-order valence-corrected chi connectivity index (χ4v) is 4.28. The minimum Gasteiger partial charge on any atom is -0.490 e. The fraction of sp³-hybridized carbons (Fsp3) is 0.350. The largest absolute Gasteiger partial charge is 0.490 e. The molecular formula is C20H24N2O4S. The van der Waals surface area contributed by atoms with Gasteiger partial charge in [0.1, 0.15) is 12.4 Å². The Bertz CT molecular complexity index is 908. The Labute approximate surface area is 160 Å². The molecule has 1 N–H and O–H groups in total. The predicted molar refractivity (Wildman–Crippen MR) is 105 cm³/mol. The van der Waals surface area contributed by atoms with Crippen LogP contribution in [0.3, 0.4) is 0 Å². The summed E-state index contributed by atoms with van der Waals surface area (Å²) in [6.07, 6.45) is 0.904. The minimum atomic E-state index is -3.50. The standard InChI is InChI=1S/C20H24N2O4S/c1-15(2)21-27(24,25)17-10-7-16(8-11-17)9-12-20(23)22-13-14-26-19-6-4-3-5-18(19)22/h3-8,10-11,15,21H,9,12-14H2,1-2H3. The molecule has 0 saturated heterocycles. The molecule has 0 aromatic heterocycles. The van der Waals surface area contributed by atoms with Gasteiger partial charge in [0.25, 0.3) is 0 Å². The number of nitrogens with zero attached hydrogens (tertiary/aromatic N) is 1. The van der Waals surface area contributed by atoms with Crippen LogP contribution in [0, 0.1) is 0 Å². The summed E-state index contributed by atoms with van der Waals surface area (Å²) in [6.45, 7) is 4.58. The van der Waals surface area contributed by atoms with E-state index in [9.17, 15) is 13.2 Å². The number of para-hydroxylation sites is 2. The molecule has 0 atom stereocenters. The van der Waals surface area contributed by atoms with Crippen molar-refractivity contribution >= 4 is 21.6 Å². The number of carbonyl (C=O) groups is 1. The van der Waals surface area contributed by atoms with E-state index in [-0.39, 0.29) is 16.8 Å². The lowest BCUT2D eigenvalue weighted by Gasteiger charge is -2.29. The summed E-state index contributed by atoms with van der Waals surface area (Å²) in [7, 11) is -3.50. The van der Waals surface area contributed by atoms with Crippen LogP contribution in [0.25, 0.3) is 0 Å². The van der Waals surface area contributed by atoms with Crippen molar-refractivity contribution in [1.82, 2.24) is 4.72 Å². The number of rotatable bonds is 6. The van der Waals surface area contributed by atoms with E-state index in [4.69, 9.17) is 4.74 Å². The molecule has 0 unspecified atom stereocenters. The van der Waals surface area contributed by atoms with E-state index in [0.717, 1.165) is 17.0 Å². The summed E-state index contributed by atoms with van der Waals surface area (Å²) in [5, 5.41) is 0. The number of hydrogen-bond donors (Lipinski definition) is 1. The van der Waals surface area contributed by atoms with Crippen LogP contribution in [-0.2, 0) is 21.2 Å². The van der Waals surface area contributed by atoms with Gasteiger partial charge in [0.15, 0.2) is 0 Å². The first-order valence-electron chi connectivity index (χ1n) is 9.00. The maximum absolute atomic E-state index is 12.6. The molecule has 27 heavy (non-hydrogen) atoms. The van der Waals surface area contributed by atoms with E-state index in [1.165, 1.54) is 0 Å². The molecule has 1 heterocycles. The van der Waals surface area contributed by atoms with Crippen molar-refractivity contribution < 1.29 is 17.9 Å². The van der Waals surface area contributed by atoms with Gasteiger partial charge in [0.2, 0.25) is 15.9 Å². The molecule has 2 aromatic rings. The van der Waals surface area contributed by atoms with Gasteiger partial charge in [-0.2, -0.15) is 0 Å². The van der Waals surface area contributed by atoms with Crippen molar-refractivity contribution in [2.75, 3.05) is 18.1 Å². The van der Waals surface area contributed by atoms with Crippen molar-refractivity contribution in [3.05, 3.63) is 54.1 Å². The smallest absolute Gasteiger partial charge is 0.240 e. The second-order valence-electron chi connectivity index (χ2n) is 6.78. The lowest BCUT2D eigenvalue weighted by Crippen LogP contribution is -2.38. The van der Waals surface area contributed by atoms with Gasteiger partial charge in [-0.1, -0.05) is 24.3 Å². The number of nitrogens with one attached hydrogen (secondary N) is 1. The van der Waals surface area contributed by atoms with Gasteiger partial charge in [-0.05, 0) is 50.1 Å². The number of fused-ring (bicyclic) bond motifs is 1. The SMILES string of the molecule is CC(C)NS(=O)(=O)c1ccc(CCC(=O)N2CCOc3ccccc32)cc1. The average molecular weight is 388 g/mol. The Hall–Kier alpha value is -2.38. The highest BCUT2D eigenvalue weighted by Gasteiger charge is 2.23. The van der Waals surface area contributed by atoms with Gasteiger partial charge < -0.3 is 9.64 Å². The van der Waals surface area contributed by atoms with Crippen molar-refractivity contribution in [2.24, 2.45) is 0 Å². The van der Waals surface area contributed by atoms with Crippen LogP contribution in [0.4, 0.5) is 5.69 Å². The highest BCUT2D eigenvalue weighted by molar-refractivity contribution is 7.89. The summed E-state index contributed by atoms with van der Waals surface area (Å²) in [6, 6.07) is 14.0. The van der Waals surface area contributed by atoms with E-state index in [1.54, 1.807) is 43.0 Å². The Morgan fingerprint density at radius 1 is 1.15 bits per heavy atom. The number of ether oxygens (including phenoxy) is 1. The summed E-state index contributed by atoms with van der Waals surface area (Å²) >= 11 is 0. The van der Waals surface area contributed by atoms with Gasteiger partial charge >= 0.3 is 0 Å². The predicted octanol–water partition coefficient (Wildman–Crippen LogP) is 2.73. The van der Waals surface area contributed by atoms with Gasteiger partial charge in [-0.15, -0.1) is 0 Å². The van der Waals surface area contributed by atoms with Crippen molar-refractivity contribution in [3.63, 3.8) is 0 Å². The number of hydrogen-bond acceptors (Lipinski definition) is 4. The van der Waals surface area contributed by atoms with Crippen LogP contribution < -0.4 is 14.4 Å². The summed E-state index contributed by atoms with van der Waals surface area (Å²) in [4.78, 5) is 14.6. The van der Waals surface area contributed by atoms with Crippen LogP contribution >= 0.6 is 0 Å². The lowest BCUT2D eigenvalue weighted by atomic mass is 10.1. The topological polar surface area (TPSA) is 75.7 Å². The highest BCUT2D eigenvalue weighted by Crippen LogP contribution is 2.31. The maximum atomic E-state index is 12.6. The molecule has 1 amide bonds. The molecule has 0 spiro atoms. The molecule has 0 bridgehead atoms. The zero-order valence-electron chi connectivity index (χ0n) is 15.5. The lowest BCUT2D eigenvalue weighted by molar-refractivity contribution is -0.118. The van der Waals surface area contributed by atoms with Crippen LogP contribution in [0.2, 0.25) is 0 Å². The van der Waals surface area contributed by atoms with Gasteiger partial charge in [0.05, 0.1) is 17.1 Å². The van der Waals surface area contributed by atoms with Crippen molar-refractivity contribution in [2.45, 2.75) is 37.6 Å². The Morgan fingerprint density at radius 2 is 1.85 bits per heavy atom.